The molecule has 0 amide bonds. The highest BCUT2D eigenvalue weighted by Gasteiger charge is 2.16. The predicted molar refractivity (Wildman–Crippen MR) is 90.3 cm³/mol. The van der Waals surface area contributed by atoms with Crippen LogP contribution in [0.5, 0.6) is 11.5 Å². The maximum absolute atomic E-state index is 5.42. The van der Waals surface area contributed by atoms with Gasteiger partial charge in [-0.3, -0.25) is 0 Å². The molecule has 1 N–H and O–H groups in total. The summed E-state index contributed by atoms with van der Waals surface area (Å²) < 4.78 is 11.8. The molecule has 22 heavy (non-hydrogen) atoms. The van der Waals surface area contributed by atoms with Crippen LogP contribution in [0.4, 0.5) is 11.5 Å². The molecule has 1 aliphatic rings. The number of anilines is 2. The monoisotopic (exact) mass is 379 g/mol. The third-order valence-corrected chi connectivity index (χ3v) is 3.71. The van der Waals surface area contributed by atoms with Crippen LogP contribution in [-0.4, -0.2) is 16.8 Å². The Bertz CT molecular complexity index is 844. The van der Waals surface area contributed by atoms with Crippen LogP contribution in [0.1, 0.15) is 0 Å². The van der Waals surface area contributed by atoms with Crippen molar-refractivity contribution in [2.75, 3.05) is 12.1 Å². The summed E-state index contributed by atoms with van der Waals surface area (Å²) in [6.07, 6.45) is 1.53. The van der Waals surface area contributed by atoms with Crippen molar-refractivity contribution in [3.05, 3.63) is 47.2 Å². The van der Waals surface area contributed by atoms with E-state index in [1.165, 1.54) is 6.33 Å². The van der Waals surface area contributed by atoms with Crippen molar-refractivity contribution >= 4 is 50.7 Å². The first-order valence-corrected chi connectivity index (χ1v) is 7.16. The van der Waals surface area contributed by atoms with E-state index in [-0.39, 0.29) is 19.2 Å². The molecule has 5 nitrogen and oxygen atoms in total. The van der Waals surface area contributed by atoms with Gasteiger partial charge in [0.2, 0.25) is 6.79 Å². The number of ether oxygens (including phenoxy) is 2. The number of hydrogen-bond acceptors (Lipinski definition) is 5. The molecule has 0 spiro atoms. The first-order chi connectivity index (χ1) is 10.3. The lowest BCUT2D eigenvalue weighted by atomic mass is 10.2. The van der Waals surface area contributed by atoms with E-state index in [9.17, 15) is 0 Å². The fraction of sp³-hybridized carbons (Fsp3) is 0.0667. The summed E-state index contributed by atoms with van der Waals surface area (Å²) in [5.74, 6) is 2.17. The average Bonchev–Trinajstić information content (AvgIpc) is 2.93. The molecule has 0 saturated carbocycles. The molecule has 0 bridgehead atoms. The fourth-order valence-electron chi connectivity index (χ4n) is 2.25. The lowest BCUT2D eigenvalue weighted by molar-refractivity contribution is 0.174. The summed E-state index contributed by atoms with van der Waals surface area (Å²) >= 11 is 3.46. The Hall–Kier alpha value is -2.05. The van der Waals surface area contributed by atoms with Crippen LogP contribution in [0.15, 0.2) is 47.2 Å². The van der Waals surface area contributed by atoms with Crippen LogP contribution in [0, 0.1) is 0 Å². The van der Waals surface area contributed by atoms with E-state index in [4.69, 9.17) is 9.47 Å². The molecule has 0 saturated heterocycles. The van der Waals surface area contributed by atoms with Crippen LogP contribution in [0.3, 0.4) is 0 Å². The summed E-state index contributed by atoms with van der Waals surface area (Å²) in [4.78, 5) is 8.61. The van der Waals surface area contributed by atoms with Crippen LogP contribution in [0.25, 0.3) is 10.9 Å². The maximum atomic E-state index is 5.42. The van der Waals surface area contributed by atoms with E-state index in [0.717, 1.165) is 38.4 Å². The largest absolute Gasteiger partial charge is 0.454 e. The lowest BCUT2D eigenvalue weighted by Gasteiger charge is -2.09. The minimum absolute atomic E-state index is 0. The van der Waals surface area contributed by atoms with Crippen molar-refractivity contribution < 1.29 is 9.47 Å². The second-order valence-corrected chi connectivity index (χ2v) is 5.50. The second-order valence-electron chi connectivity index (χ2n) is 4.58. The van der Waals surface area contributed by atoms with Gasteiger partial charge in [0, 0.05) is 21.6 Å². The van der Waals surface area contributed by atoms with Gasteiger partial charge in [0.15, 0.2) is 11.5 Å². The van der Waals surface area contributed by atoms with Crippen LogP contribution < -0.4 is 14.8 Å². The topological polar surface area (TPSA) is 56.3 Å². The number of fused-ring (bicyclic) bond motifs is 2. The van der Waals surface area contributed by atoms with Crippen LogP contribution in [-0.2, 0) is 0 Å². The van der Waals surface area contributed by atoms with E-state index in [1.807, 2.05) is 36.4 Å². The van der Waals surface area contributed by atoms with Crippen molar-refractivity contribution in [3.63, 3.8) is 0 Å². The Morgan fingerprint density at radius 3 is 2.68 bits per heavy atom. The van der Waals surface area contributed by atoms with E-state index in [0.29, 0.717) is 0 Å². The Kier molecular flexibility index (Phi) is 4.04. The lowest BCUT2D eigenvalue weighted by Crippen LogP contribution is -1.96. The normalized spacial score (nSPS) is 12.0. The molecule has 2 heterocycles. The van der Waals surface area contributed by atoms with Crippen molar-refractivity contribution in [3.8, 4) is 11.5 Å². The Morgan fingerprint density at radius 1 is 1.05 bits per heavy atom. The number of aromatic nitrogens is 2. The highest BCUT2D eigenvalue weighted by atomic mass is 79.9. The fourth-order valence-corrected chi connectivity index (χ4v) is 2.65. The molecule has 7 heteroatoms. The van der Waals surface area contributed by atoms with Gasteiger partial charge in [0.05, 0.1) is 5.52 Å². The molecule has 0 atom stereocenters. The van der Waals surface area contributed by atoms with Gasteiger partial charge >= 0.3 is 0 Å². The molecule has 0 aliphatic carbocycles. The molecular formula is C15H11BrClN3O2. The van der Waals surface area contributed by atoms with Crippen LogP contribution in [0.2, 0.25) is 0 Å². The summed E-state index contributed by atoms with van der Waals surface area (Å²) in [5, 5.41) is 4.19. The van der Waals surface area contributed by atoms with Crippen molar-refractivity contribution in [2.24, 2.45) is 0 Å². The molecule has 1 aromatic heterocycles. The number of nitrogens with zero attached hydrogens (tertiary/aromatic N) is 2. The molecule has 0 radical (unpaired) electrons. The standard InChI is InChI=1S/C15H10BrN3O2.ClH/c16-9-2-1-3-10(4-9)19-15-11-5-13-14(21-8-20-13)6-12(11)17-7-18-15;/h1-7H,8H2,(H,17,18,19);1H. The third-order valence-electron chi connectivity index (χ3n) is 3.22. The minimum atomic E-state index is 0. The number of halogens is 2. The smallest absolute Gasteiger partial charge is 0.231 e. The highest BCUT2D eigenvalue weighted by molar-refractivity contribution is 9.10. The zero-order chi connectivity index (χ0) is 14.2. The maximum Gasteiger partial charge on any atom is 0.231 e. The summed E-state index contributed by atoms with van der Waals surface area (Å²) in [6, 6.07) is 11.7. The number of hydrogen-bond donors (Lipinski definition) is 1. The van der Waals surface area contributed by atoms with Crippen molar-refractivity contribution in [1.29, 1.82) is 0 Å². The molecular weight excluding hydrogens is 370 g/mol. The number of rotatable bonds is 2. The zero-order valence-electron chi connectivity index (χ0n) is 11.2. The van der Waals surface area contributed by atoms with E-state index in [2.05, 4.69) is 31.2 Å². The molecule has 0 fully saturated rings. The molecule has 1 aliphatic heterocycles. The van der Waals surface area contributed by atoms with Gasteiger partial charge in [-0.25, -0.2) is 9.97 Å². The Morgan fingerprint density at radius 2 is 1.86 bits per heavy atom. The van der Waals surface area contributed by atoms with Gasteiger partial charge < -0.3 is 14.8 Å². The predicted octanol–water partition coefficient (Wildman–Crippen LogP) is 4.29. The van der Waals surface area contributed by atoms with Gasteiger partial charge in [-0.1, -0.05) is 22.0 Å². The molecule has 0 unspecified atom stereocenters. The number of nitrogens with one attached hydrogen (secondary N) is 1. The zero-order valence-corrected chi connectivity index (χ0v) is 13.6. The van der Waals surface area contributed by atoms with E-state index >= 15 is 0 Å². The Balaban J connectivity index is 0.00000144. The van der Waals surface area contributed by atoms with E-state index in [1.54, 1.807) is 0 Å². The highest BCUT2D eigenvalue weighted by Crippen LogP contribution is 2.37. The summed E-state index contributed by atoms with van der Waals surface area (Å²) in [6.45, 7) is 0.244. The van der Waals surface area contributed by atoms with Crippen LogP contribution >= 0.6 is 28.3 Å². The van der Waals surface area contributed by atoms with Crippen molar-refractivity contribution in [1.82, 2.24) is 9.97 Å². The third kappa shape index (κ3) is 2.67. The quantitative estimate of drug-likeness (QED) is 0.719. The molecule has 2 aromatic carbocycles. The second kappa shape index (κ2) is 5.98. The first-order valence-electron chi connectivity index (χ1n) is 6.36. The SMILES string of the molecule is Brc1cccc(Nc2ncnc3cc4c(cc23)OCO4)c1.Cl. The van der Waals surface area contributed by atoms with Crippen molar-refractivity contribution in [2.45, 2.75) is 0 Å². The first kappa shape index (κ1) is 14.9. The number of benzene rings is 2. The molecule has 112 valence electrons. The summed E-state index contributed by atoms with van der Waals surface area (Å²) in [7, 11) is 0. The minimum Gasteiger partial charge on any atom is -0.454 e. The molecule has 3 aromatic rings. The van der Waals surface area contributed by atoms with Gasteiger partial charge in [0.25, 0.3) is 0 Å². The molecule has 4 rings (SSSR count). The van der Waals surface area contributed by atoms with Gasteiger partial charge in [-0.2, -0.15) is 0 Å². The van der Waals surface area contributed by atoms with Gasteiger partial charge in [-0.15, -0.1) is 12.4 Å². The van der Waals surface area contributed by atoms with Gasteiger partial charge in [0.1, 0.15) is 12.1 Å². The Labute approximate surface area is 141 Å². The van der Waals surface area contributed by atoms with E-state index < -0.39 is 0 Å². The van der Waals surface area contributed by atoms with Gasteiger partial charge in [-0.05, 0) is 24.3 Å². The summed E-state index contributed by atoms with van der Waals surface area (Å²) in [5.41, 5.74) is 1.76. The average molecular weight is 381 g/mol.